The molecular formula is C24H24N4O6S2. The summed E-state index contributed by atoms with van der Waals surface area (Å²) in [5.41, 5.74) is 0.672. The number of nitrogens with zero attached hydrogens (tertiary/aromatic N) is 3. The number of rotatable bonds is 9. The van der Waals surface area contributed by atoms with Crippen molar-refractivity contribution < 1.29 is 27.4 Å². The fourth-order valence-corrected chi connectivity index (χ4v) is 5.38. The fraction of sp³-hybridized carbons (Fsp3) is 0.250. The molecule has 0 aliphatic carbocycles. The van der Waals surface area contributed by atoms with E-state index in [4.69, 9.17) is 19.6 Å². The molecule has 188 valence electrons. The highest BCUT2D eigenvalue weighted by Gasteiger charge is 2.39. The Kier molecular flexibility index (Phi) is 7.75. The van der Waals surface area contributed by atoms with Crippen LogP contribution >= 0.6 is 11.8 Å². The maximum atomic E-state index is 12.5. The Hall–Kier alpha value is -3.64. The molecule has 2 aromatic carbocycles. The second-order valence-corrected chi connectivity index (χ2v) is 11.0. The highest BCUT2D eigenvalue weighted by atomic mass is 32.3. The van der Waals surface area contributed by atoms with E-state index < -0.39 is 15.7 Å². The number of ether oxygens (including phenoxy) is 3. The summed E-state index contributed by atoms with van der Waals surface area (Å²) in [7, 11) is -1.98. The Balaban J connectivity index is 1.34. The summed E-state index contributed by atoms with van der Waals surface area (Å²) in [6, 6.07) is 14.5. The van der Waals surface area contributed by atoms with Gasteiger partial charge in [0.2, 0.25) is 19.4 Å². The molecule has 0 atom stereocenters. The number of hydrazone groups is 1. The zero-order valence-corrected chi connectivity index (χ0v) is 21.3. The Morgan fingerprint density at radius 1 is 1.06 bits per heavy atom. The van der Waals surface area contributed by atoms with Gasteiger partial charge >= 0.3 is 0 Å². The maximum Gasteiger partial charge on any atom is 0.283 e. The average Bonchev–Trinajstić information content (AvgIpc) is 3.32. The van der Waals surface area contributed by atoms with Gasteiger partial charge in [-0.1, -0.05) is 31.2 Å². The molecule has 2 heterocycles. The summed E-state index contributed by atoms with van der Waals surface area (Å²) in [5.74, 6) is 1.02. The molecule has 0 aromatic heterocycles. The third kappa shape index (κ3) is 5.60. The maximum absolute atomic E-state index is 12.5. The van der Waals surface area contributed by atoms with Crippen LogP contribution < -0.4 is 14.2 Å². The number of hydrogen-bond acceptors (Lipinski definition) is 9. The first-order valence-corrected chi connectivity index (χ1v) is 13.5. The lowest BCUT2D eigenvalue weighted by atomic mass is 10.1. The average molecular weight is 529 g/mol. The Labute approximate surface area is 213 Å². The van der Waals surface area contributed by atoms with E-state index >= 15 is 0 Å². The van der Waals surface area contributed by atoms with Crippen molar-refractivity contribution in [2.45, 2.75) is 13.3 Å². The number of nitrogens with one attached hydrogen (secondary N) is 1. The highest BCUT2D eigenvalue weighted by molar-refractivity contribution is 8.42. The van der Waals surface area contributed by atoms with Crippen molar-refractivity contribution in [2.75, 3.05) is 26.1 Å². The van der Waals surface area contributed by atoms with E-state index in [-0.39, 0.29) is 26.7 Å². The number of thioether (sulfide) groups is 1. The van der Waals surface area contributed by atoms with Crippen molar-refractivity contribution >= 4 is 49.0 Å². The van der Waals surface area contributed by atoms with Crippen LogP contribution in [0.1, 0.15) is 18.9 Å². The quantitative estimate of drug-likeness (QED) is 0.386. The fourth-order valence-electron chi connectivity index (χ4n) is 3.22. The van der Waals surface area contributed by atoms with Crippen molar-refractivity contribution in [3.05, 3.63) is 59.7 Å². The van der Waals surface area contributed by atoms with Crippen molar-refractivity contribution in [3.63, 3.8) is 0 Å². The van der Waals surface area contributed by atoms with E-state index in [9.17, 15) is 13.2 Å². The minimum absolute atomic E-state index is 0.0143. The van der Waals surface area contributed by atoms with Gasteiger partial charge in [-0.15, -0.1) is 5.10 Å². The van der Waals surface area contributed by atoms with Gasteiger partial charge in [0, 0.05) is 6.42 Å². The second-order valence-electron chi connectivity index (χ2n) is 7.56. The topological polar surface area (TPSA) is 131 Å². The van der Waals surface area contributed by atoms with E-state index in [2.05, 4.69) is 10.1 Å². The van der Waals surface area contributed by atoms with Crippen LogP contribution in [0.4, 0.5) is 0 Å². The number of para-hydroxylation sites is 2. The SMILES string of the molecule is CCS(=O)(=O)C1=NN2C(=N)/C(=C/c3ccc(OCCCOc4ccccc4OC)cc3)C(=O)N=C2S1. The smallest absolute Gasteiger partial charge is 0.283 e. The molecule has 2 aliphatic heterocycles. The predicted octanol–water partition coefficient (Wildman–Crippen LogP) is 3.55. The molecule has 2 aliphatic rings. The molecule has 0 spiro atoms. The van der Waals surface area contributed by atoms with Crippen molar-refractivity contribution in [1.29, 1.82) is 5.41 Å². The summed E-state index contributed by atoms with van der Waals surface area (Å²) in [5, 5.41) is 13.5. The van der Waals surface area contributed by atoms with Gasteiger partial charge in [-0.2, -0.15) is 10.0 Å². The Bertz CT molecular complexity index is 1370. The van der Waals surface area contributed by atoms with Gasteiger partial charge in [0.05, 0.1) is 31.6 Å². The van der Waals surface area contributed by atoms with Gasteiger partial charge in [0.15, 0.2) is 17.3 Å². The first-order valence-electron chi connectivity index (χ1n) is 11.0. The molecule has 1 N–H and O–H groups in total. The zero-order valence-electron chi connectivity index (χ0n) is 19.6. The summed E-state index contributed by atoms with van der Waals surface area (Å²) >= 11 is 0.773. The Morgan fingerprint density at radius 3 is 2.44 bits per heavy atom. The van der Waals surface area contributed by atoms with E-state index in [1.165, 1.54) is 13.0 Å². The number of amides is 1. The van der Waals surface area contributed by atoms with Crippen LogP contribution in [0.3, 0.4) is 0 Å². The molecule has 0 radical (unpaired) electrons. The molecule has 1 amide bonds. The number of sulfone groups is 1. The summed E-state index contributed by atoms with van der Waals surface area (Å²) in [4.78, 5) is 16.4. The van der Waals surface area contributed by atoms with Crippen LogP contribution in [0.15, 0.2) is 64.2 Å². The van der Waals surface area contributed by atoms with Crippen molar-refractivity contribution in [3.8, 4) is 17.2 Å². The number of methoxy groups -OCH3 is 1. The minimum atomic E-state index is -3.57. The number of hydrogen-bond donors (Lipinski definition) is 1. The normalized spacial score (nSPS) is 16.5. The molecule has 0 fully saturated rings. The summed E-state index contributed by atoms with van der Waals surface area (Å²) in [6.07, 6.45) is 2.18. The number of carbonyl (C=O) groups is 1. The van der Waals surface area contributed by atoms with Crippen LogP contribution in [0, 0.1) is 5.41 Å². The van der Waals surface area contributed by atoms with Crippen LogP contribution in [0.5, 0.6) is 17.2 Å². The molecule has 36 heavy (non-hydrogen) atoms. The number of fused-ring (bicyclic) bond motifs is 1. The monoisotopic (exact) mass is 528 g/mol. The zero-order chi connectivity index (χ0) is 25.7. The van der Waals surface area contributed by atoms with Crippen molar-refractivity contribution in [2.24, 2.45) is 10.1 Å². The molecule has 10 nitrogen and oxygen atoms in total. The number of carbonyl (C=O) groups excluding carboxylic acids is 1. The van der Waals surface area contributed by atoms with Gasteiger partial charge in [-0.05, 0) is 47.7 Å². The van der Waals surface area contributed by atoms with Crippen LogP contribution in [0.2, 0.25) is 0 Å². The lowest BCUT2D eigenvalue weighted by molar-refractivity contribution is -0.114. The number of benzene rings is 2. The summed E-state index contributed by atoms with van der Waals surface area (Å²) < 4.78 is 40.8. The van der Waals surface area contributed by atoms with Gasteiger partial charge in [-0.25, -0.2) is 8.42 Å². The van der Waals surface area contributed by atoms with Crippen molar-refractivity contribution in [1.82, 2.24) is 5.01 Å². The third-order valence-corrected chi connectivity index (χ3v) is 8.25. The van der Waals surface area contributed by atoms with Gasteiger partial charge in [0.25, 0.3) is 5.91 Å². The molecular weight excluding hydrogens is 504 g/mol. The first kappa shape index (κ1) is 25.5. The number of aliphatic imine (C=N–C) groups is 1. The van der Waals surface area contributed by atoms with E-state index in [0.717, 1.165) is 16.8 Å². The third-order valence-electron chi connectivity index (χ3n) is 5.16. The lowest BCUT2D eigenvalue weighted by Crippen LogP contribution is -2.35. The predicted molar refractivity (Wildman–Crippen MR) is 140 cm³/mol. The van der Waals surface area contributed by atoms with Gasteiger partial charge in [-0.3, -0.25) is 10.2 Å². The molecule has 4 rings (SSSR count). The molecule has 12 heteroatoms. The van der Waals surface area contributed by atoms with E-state index in [1.807, 2.05) is 24.3 Å². The molecule has 0 unspecified atom stereocenters. The van der Waals surface area contributed by atoms with Crippen LogP contribution in [-0.2, 0) is 14.6 Å². The number of amidine groups is 2. The Morgan fingerprint density at radius 2 is 1.75 bits per heavy atom. The second kappa shape index (κ2) is 11.0. The molecule has 0 saturated heterocycles. The van der Waals surface area contributed by atoms with E-state index in [0.29, 0.717) is 42.4 Å². The van der Waals surface area contributed by atoms with Gasteiger partial charge in [0.1, 0.15) is 5.75 Å². The first-order chi connectivity index (χ1) is 17.3. The van der Waals surface area contributed by atoms with Crippen LogP contribution in [0.25, 0.3) is 6.08 Å². The molecule has 0 bridgehead atoms. The summed E-state index contributed by atoms with van der Waals surface area (Å²) in [6.45, 7) is 2.42. The largest absolute Gasteiger partial charge is 0.493 e. The molecule has 0 saturated carbocycles. The highest BCUT2D eigenvalue weighted by Crippen LogP contribution is 2.30. The van der Waals surface area contributed by atoms with E-state index in [1.54, 1.807) is 31.4 Å². The minimum Gasteiger partial charge on any atom is -0.493 e. The van der Waals surface area contributed by atoms with Gasteiger partial charge < -0.3 is 14.2 Å². The van der Waals surface area contributed by atoms with Crippen LogP contribution in [-0.4, -0.2) is 60.8 Å². The standard InChI is InChI=1S/C24H24N4O6S2/c1-3-36(30,31)24-27-28-21(25)18(22(29)26-23(28)35-24)15-16-9-11-17(12-10-16)33-13-6-14-34-20-8-5-4-7-19(20)32-2/h4-5,7-12,15,25H,3,6,13-14H2,1-2H3/b18-15-,25-21?. The lowest BCUT2D eigenvalue weighted by Gasteiger charge is -2.20. The molecule has 2 aromatic rings.